The topological polar surface area (TPSA) is 115 Å². The Balaban J connectivity index is 1.36. The number of oxazole rings is 1. The minimum atomic E-state index is -4.63. The van der Waals surface area contributed by atoms with E-state index in [9.17, 15) is 23.1 Å². The number of hydrogen-bond donors (Lipinski definition) is 2. The van der Waals surface area contributed by atoms with Crippen LogP contribution in [0, 0.1) is 0 Å². The van der Waals surface area contributed by atoms with E-state index in [1.54, 1.807) is 11.0 Å². The Morgan fingerprint density at radius 2 is 1.80 bits per heavy atom. The maximum atomic E-state index is 13.9. The number of ether oxygens (including phenoxy) is 1. The van der Waals surface area contributed by atoms with Gasteiger partial charge in [0.25, 0.3) is 5.91 Å². The van der Waals surface area contributed by atoms with Crippen LogP contribution in [0.3, 0.4) is 0 Å². The van der Waals surface area contributed by atoms with E-state index in [1.165, 1.54) is 19.2 Å². The van der Waals surface area contributed by atoms with Gasteiger partial charge in [-0.2, -0.15) is 13.2 Å². The second-order valence-electron chi connectivity index (χ2n) is 10.3. The molecule has 2 aromatic carbocycles. The highest BCUT2D eigenvalue weighted by atomic mass is 19.4. The molecule has 2 unspecified atom stereocenters. The number of aliphatic hydroxyl groups is 1. The molecule has 2 aromatic heterocycles. The molecule has 2 aliphatic rings. The minimum absolute atomic E-state index is 0.00975. The maximum absolute atomic E-state index is 13.9. The predicted molar refractivity (Wildman–Crippen MR) is 139 cm³/mol. The molecule has 3 N–H and O–H groups in total. The van der Waals surface area contributed by atoms with E-state index in [0.717, 1.165) is 24.5 Å². The molecule has 6 rings (SSSR count). The van der Waals surface area contributed by atoms with Crippen LogP contribution >= 0.6 is 0 Å². The Hall–Kier alpha value is -3.96. The van der Waals surface area contributed by atoms with Crippen molar-refractivity contribution in [2.75, 3.05) is 7.11 Å². The van der Waals surface area contributed by atoms with Gasteiger partial charge in [-0.25, -0.2) is 9.97 Å². The lowest BCUT2D eigenvalue weighted by Crippen LogP contribution is -2.52. The zero-order valence-corrected chi connectivity index (χ0v) is 21.6. The summed E-state index contributed by atoms with van der Waals surface area (Å²) in [5.41, 5.74) is 5.09. The number of carbonyl (C=O) groups excluding carboxylic acids is 1. The summed E-state index contributed by atoms with van der Waals surface area (Å²) in [6.07, 6.45) is -2.32. The summed E-state index contributed by atoms with van der Waals surface area (Å²) in [6.45, 7) is -0.101. The van der Waals surface area contributed by atoms with Crippen LogP contribution in [-0.2, 0) is 18.3 Å². The van der Waals surface area contributed by atoms with E-state index in [-0.39, 0.29) is 53.1 Å². The number of amides is 1. The van der Waals surface area contributed by atoms with Crippen LogP contribution in [0.25, 0.3) is 22.4 Å². The van der Waals surface area contributed by atoms with Gasteiger partial charge in [-0.15, -0.1) is 0 Å². The molecule has 0 radical (unpaired) electrons. The second kappa shape index (κ2) is 9.60. The fourth-order valence-corrected chi connectivity index (χ4v) is 6.14. The molecule has 4 heterocycles. The molecular formula is C29H27F3N4O4. The third-order valence-electron chi connectivity index (χ3n) is 7.96. The number of aromatic nitrogens is 2. The molecule has 4 aromatic rings. The zero-order chi connectivity index (χ0) is 28.2. The van der Waals surface area contributed by atoms with Crippen molar-refractivity contribution in [1.29, 1.82) is 0 Å². The third-order valence-corrected chi connectivity index (χ3v) is 7.96. The summed E-state index contributed by atoms with van der Waals surface area (Å²) < 4.78 is 51.2. The van der Waals surface area contributed by atoms with E-state index < -0.39 is 17.5 Å². The van der Waals surface area contributed by atoms with Gasteiger partial charge >= 0.3 is 6.18 Å². The number of halogens is 3. The molecule has 1 amide bonds. The molecule has 2 atom stereocenters. The summed E-state index contributed by atoms with van der Waals surface area (Å²) in [5.74, 6) is 0.0335. The van der Waals surface area contributed by atoms with Crippen molar-refractivity contribution in [2.45, 2.75) is 56.1 Å². The Labute approximate surface area is 227 Å². The van der Waals surface area contributed by atoms with Crippen molar-refractivity contribution in [3.63, 3.8) is 0 Å². The first-order valence-corrected chi connectivity index (χ1v) is 13.0. The Morgan fingerprint density at radius 3 is 2.42 bits per heavy atom. The van der Waals surface area contributed by atoms with Gasteiger partial charge in [0.2, 0.25) is 5.89 Å². The normalized spacial score (nSPS) is 22.6. The first-order chi connectivity index (χ1) is 19.1. The van der Waals surface area contributed by atoms with Gasteiger partial charge in [0, 0.05) is 35.9 Å². The molecule has 0 aliphatic carbocycles. The van der Waals surface area contributed by atoms with Crippen LogP contribution in [-0.4, -0.2) is 45.1 Å². The molecule has 2 saturated heterocycles. The van der Waals surface area contributed by atoms with Gasteiger partial charge in [0.05, 0.1) is 19.3 Å². The zero-order valence-electron chi connectivity index (χ0n) is 21.6. The van der Waals surface area contributed by atoms with E-state index >= 15 is 0 Å². The SMILES string of the molecule is COc1ccc(-c2nc(C(=O)N3C4CCC3CC(O)(c3ccccc3)C4)c(CN)o2)c2ccc(C(F)(F)F)nc12. The first-order valence-electron chi connectivity index (χ1n) is 13.0. The fraction of sp³-hybridized carbons (Fsp3) is 0.345. The fourth-order valence-electron chi connectivity index (χ4n) is 6.14. The first kappa shape index (κ1) is 26.3. The lowest BCUT2D eigenvalue weighted by atomic mass is 9.80. The van der Waals surface area contributed by atoms with Gasteiger partial charge in [-0.3, -0.25) is 4.79 Å². The van der Waals surface area contributed by atoms with Crippen molar-refractivity contribution in [2.24, 2.45) is 5.73 Å². The average Bonchev–Trinajstić information content (AvgIpc) is 3.51. The molecule has 0 saturated carbocycles. The van der Waals surface area contributed by atoms with Crippen LogP contribution in [0.4, 0.5) is 13.2 Å². The van der Waals surface area contributed by atoms with Gasteiger partial charge in [-0.05, 0) is 42.7 Å². The molecule has 2 bridgehead atoms. The van der Waals surface area contributed by atoms with Crippen LogP contribution in [0.5, 0.6) is 5.75 Å². The highest BCUT2D eigenvalue weighted by Crippen LogP contribution is 2.46. The Bertz CT molecular complexity index is 1570. The number of nitrogens with two attached hydrogens (primary N) is 1. The van der Waals surface area contributed by atoms with Crippen LogP contribution in [0.15, 0.2) is 59.0 Å². The smallest absolute Gasteiger partial charge is 0.433 e. The lowest BCUT2D eigenvalue weighted by molar-refractivity contribution is -0.140. The van der Waals surface area contributed by atoms with Crippen molar-refractivity contribution in [3.05, 3.63) is 77.3 Å². The second-order valence-corrected chi connectivity index (χ2v) is 10.3. The number of fused-ring (bicyclic) bond motifs is 3. The lowest BCUT2D eigenvalue weighted by Gasteiger charge is -2.44. The average molecular weight is 553 g/mol. The molecule has 0 spiro atoms. The van der Waals surface area contributed by atoms with Crippen molar-refractivity contribution < 1.29 is 32.2 Å². The third kappa shape index (κ3) is 4.29. The number of methoxy groups -OCH3 is 1. The number of benzene rings is 2. The van der Waals surface area contributed by atoms with Gasteiger partial charge in [-0.1, -0.05) is 30.3 Å². The van der Waals surface area contributed by atoms with Crippen molar-refractivity contribution in [3.8, 4) is 17.2 Å². The highest BCUT2D eigenvalue weighted by molar-refractivity contribution is 5.98. The summed E-state index contributed by atoms with van der Waals surface area (Å²) in [6, 6.07) is 14.3. The summed E-state index contributed by atoms with van der Waals surface area (Å²) in [5, 5.41) is 11.8. The monoisotopic (exact) mass is 552 g/mol. The van der Waals surface area contributed by atoms with Gasteiger partial charge in [0.15, 0.2) is 11.5 Å². The van der Waals surface area contributed by atoms with Crippen LogP contribution in [0.1, 0.15) is 53.2 Å². The van der Waals surface area contributed by atoms with E-state index in [4.69, 9.17) is 14.9 Å². The van der Waals surface area contributed by atoms with E-state index in [0.29, 0.717) is 23.8 Å². The Morgan fingerprint density at radius 1 is 1.10 bits per heavy atom. The molecule has 8 nitrogen and oxygen atoms in total. The summed E-state index contributed by atoms with van der Waals surface area (Å²) in [7, 11) is 1.34. The molecule has 40 heavy (non-hydrogen) atoms. The van der Waals surface area contributed by atoms with Crippen LogP contribution in [0.2, 0.25) is 0 Å². The summed E-state index contributed by atoms with van der Waals surface area (Å²) in [4.78, 5) is 23.9. The number of alkyl halides is 3. The number of pyridine rings is 1. The summed E-state index contributed by atoms with van der Waals surface area (Å²) >= 11 is 0. The predicted octanol–water partition coefficient (Wildman–Crippen LogP) is 5.03. The quantitative estimate of drug-likeness (QED) is 0.357. The van der Waals surface area contributed by atoms with Crippen LogP contribution < -0.4 is 10.5 Å². The van der Waals surface area contributed by atoms with Crippen molar-refractivity contribution in [1.82, 2.24) is 14.9 Å². The largest absolute Gasteiger partial charge is 0.494 e. The number of rotatable bonds is 5. The maximum Gasteiger partial charge on any atom is 0.433 e. The van der Waals surface area contributed by atoms with Gasteiger partial charge in [0.1, 0.15) is 17.0 Å². The van der Waals surface area contributed by atoms with E-state index in [1.807, 2.05) is 30.3 Å². The number of hydrogen-bond acceptors (Lipinski definition) is 7. The van der Waals surface area contributed by atoms with Crippen molar-refractivity contribution >= 4 is 16.8 Å². The molecule has 11 heteroatoms. The molecule has 2 aliphatic heterocycles. The van der Waals surface area contributed by atoms with E-state index in [2.05, 4.69) is 9.97 Å². The van der Waals surface area contributed by atoms with Gasteiger partial charge < -0.3 is 24.9 Å². The minimum Gasteiger partial charge on any atom is -0.494 e. The molecular weight excluding hydrogens is 525 g/mol. The molecule has 208 valence electrons. The molecule has 2 fully saturated rings. The number of piperidine rings is 1. The Kier molecular flexibility index (Phi) is 6.30. The number of carbonyl (C=O) groups is 1. The highest BCUT2D eigenvalue weighted by Gasteiger charge is 2.50. The number of nitrogens with zero attached hydrogens (tertiary/aromatic N) is 3. The standard InChI is InChI=1S/C29H27F3N4O4/c1-39-21-11-9-20(19-10-12-23(29(30,31)32)34-24(19)21)26-35-25(22(15-33)40-26)27(37)36-17-7-8-18(36)14-28(38,13-17)16-5-3-2-4-6-16/h2-6,9-12,17-18,38H,7-8,13-15,33H2,1H3.